The van der Waals surface area contributed by atoms with E-state index in [1.807, 2.05) is 12.1 Å². The third kappa shape index (κ3) is 3.44. The second kappa shape index (κ2) is 6.95. The van der Waals surface area contributed by atoms with Crippen LogP contribution in [0.15, 0.2) is 18.2 Å². The van der Waals surface area contributed by atoms with Crippen molar-refractivity contribution in [1.29, 1.82) is 0 Å². The van der Waals surface area contributed by atoms with Crippen molar-refractivity contribution in [3.05, 3.63) is 28.8 Å². The zero-order valence-electron chi connectivity index (χ0n) is 12.0. The molecule has 5 heteroatoms. The number of ether oxygens (including phenoxy) is 1. The van der Waals surface area contributed by atoms with E-state index in [9.17, 15) is 4.79 Å². The van der Waals surface area contributed by atoms with Crippen molar-refractivity contribution in [2.24, 2.45) is 0 Å². The molecule has 2 rings (SSSR count). The summed E-state index contributed by atoms with van der Waals surface area (Å²) in [6, 6.07) is 5.64. The largest absolute Gasteiger partial charge is 0.492 e. The van der Waals surface area contributed by atoms with Crippen LogP contribution in [-0.2, 0) is 4.79 Å². The second-order valence-electron chi connectivity index (χ2n) is 4.88. The second-order valence-corrected chi connectivity index (χ2v) is 5.28. The number of carbonyl (C=O) groups excluding carboxylic acids is 1. The van der Waals surface area contributed by atoms with Gasteiger partial charge < -0.3 is 10.1 Å². The lowest BCUT2D eigenvalue weighted by atomic mass is 10.0. The SMILES string of the molecule is CCN(CC)CC(=O)NC1CCOc2c(Cl)cccc21. The summed E-state index contributed by atoms with van der Waals surface area (Å²) in [6.45, 7) is 6.87. The predicted molar refractivity (Wildman–Crippen MR) is 80.2 cm³/mol. The maximum absolute atomic E-state index is 12.1. The molecular formula is C15H21ClN2O2. The normalized spacial score (nSPS) is 17.5. The number of benzene rings is 1. The van der Waals surface area contributed by atoms with E-state index >= 15 is 0 Å². The summed E-state index contributed by atoms with van der Waals surface area (Å²) in [5.41, 5.74) is 0.969. The number of amides is 1. The molecule has 1 amide bonds. The number of para-hydroxylation sites is 1. The van der Waals surface area contributed by atoms with E-state index in [1.54, 1.807) is 6.07 Å². The Morgan fingerprint density at radius 1 is 1.45 bits per heavy atom. The summed E-state index contributed by atoms with van der Waals surface area (Å²) in [5.74, 6) is 0.750. The van der Waals surface area contributed by atoms with Gasteiger partial charge in [-0.1, -0.05) is 37.6 Å². The van der Waals surface area contributed by atoms with Crippen molar-refractivity contribution in [1.82, 2.24) is 10.2 Å². The predicted octanol–water partition coefficient (Wildman–Crippen LogP) is 2.62. The minimum absolute atomic E-state index is 0.0134. The highest BCUT2D eigenvalue weighted by molar-refractivity contribution is 6.32. The van der Waals surface area contributed by atoms with Gasteiger partial charge in [-0.05, 0) is 19.2 Å². The van der Waals surface area contributed by atoms with E-state index in [0.29, 0.717) is 23.9 Å². The Balaban J connectivity index is 2.05. The summed E-state index contributed by atoms with van der Waals surface area (Å²) < 4.78 is 5.60. The molecule has 1 N–H and O–H groups in total. The highest BCUT2D eigenvalue weighted by atomic mass is 35.5. The topological polar surface area (TPSA) is 41.6 Å². The minimum Gasteiger partial charge on any atom is -0.492 e. The maximum atomic E-state index is 12.1. The molecule has 0 saturated carbocycles. The smallest absolute Gasteiger partial charge is 0.234 e. The lowest BCUT2D eigenvalue weighted by molar-refractivity contribution is -0.123. The number of hydrogen-bond donors (Lipinski definition) is 1. The maximum Gasteiger partial charge on any atom is 0.234 e. The fourth-order valence-corrected chi connectivity index (χ4v) is 2.66. The summed E-state index contributed by atoms with van der Waals surface area (Å²) in [6.07, 6.45) is 0.775. The lowest BCUT2D eigenvalue weighted by Gasteiger charge is -2.28. The van der Waals surface area contributed by atoms with E-state index in [0.717, 1.165) is 25.1 Å². The Kier molecular flexibility index (Phi) is 5.26. The van der Waals surface area contributed by atoms with Crippen LogP contribution in [0.4, 0.5) is 0 Å². The first-order valence-corrected chi connectivity index (χ1v) is 7.46. The van der Waals surface area contributed by atoms with Gasteiger partial charge in [0.2, 0.25) is 5.91 Å². The summed E-state index contributed by atoms with van der Waals surface area (Å²) in [4.78, 5) is 14.2. The van der Waals surface area contributed by atoms with E-state index < -0.39 is 0 Å². The van der Waals surface area contributed by atoms with Gasteiger partial charge in [0.05, 0.1) is 24.2 Å². The molecule has 1 aromatic carbocycles. The Labute approximate surface area is 125 Å². The Morgan fingerprint density at radius 2 is 2.20 bits per heavy atom. The summed E-state index contributed by atoms with van der Waals surface area (Å²) in [5, 5.41) is 3.68. The van der Waals surface area contributed by atoms with Crippen LogP contribution in [0.1, 0.15) is 31.9 Å². The molecule has 0 radical (unpaired) electrons. The van der Waals surface area contributed by atoms with E-state index in [2.05, 4.69) is 24.1 Å². The quantitative estimate of drug-likeness (QED) is 0.908. The van der Waals surface area contributed by atoms with Crippen LogP contribution in [0.3, 0.4) is 0 Å². The summed E-state index contributed by atoms with van der Waals surface area (Å²) >= 11 is 6.13. The molecule has 0 aliphatic carbocycles. The number of rotatable bonds is 5. The number of fused-ring (bicyclic) bond motifs is 1. The molecular weight excluding hydrogens is 276 g/mol. The highest BCUT2D eigenvalue weighted by Crippen LogP contribution is 2.37. The number of carbonyl (C=O) groups is 1. The first-order valence-electron chi connectivity index (χ1n) is 7.08. The van der Waals surface area contributed by atoms with E-state index in [1.165, 1.54) is 0 Å². The van der Waals surface area contributed by atoms with Gasteiger partial charge in [0.25, 0.3) is 0 Å². The number of hydrogen-bond acceptors (Lipinski definition) is 3. The van der Waals surface area contributed by atoms with Crippen LogP contribution in [0.5, 0.6) is 5.75 Å². The molecule has 0 bridgehead atoms. The van der Waals surface area contributed by atoms with Crippen LogP contribution in [0.2, 0.25) is 5.02 Å². The molecule has 1 unspecified atom stereocenters. The molecule has 0 saturated heterocycles. The molecule has 20 heavy (non-hydrogen) atoms. The summed E-state index contributed by atoms with van der Waals surface area (Å²) in [7, 11) is 0. The van der Waals surface area contributed by atoms with Crippen LogP contribution >= 0.6 is 11.6 Å². The third-order valence-corrected chi connectivity index (χ3v) is 3.92. The monoisotopic (exact) mass is 296 g/mol. The van der Waals surface area contributed by atoms with Gasteiger partial charge in [0.15, 0.2) is 0 Å². The number of nitrogens with one attached hydrogen (secondary N) is 1. The highest BCUT2D eigenvalue weighted by Gasteiger charge is 2.24. The zero-order chi connectivity index (χ0) is 14.5. The Morgan fingerprint density at radius 3 is 2.90 bits per heavy atom. The van der Waals surface area contributed by atoms with Gasteiger partial charge in [-0.3, -0.25) is 9.69 Å². The minimum atomic E-state index is -0.0134. The van der Waals surface area contributed by atoms with Crippen molar-refractivity contribution in [2.75, 3.05) is 26.2 Å². The fourth-order valence-electron chi connectivity index (χ4n) is 2.43. The van der Waals surface area contributed by atoms with E-state index in [-0.39, 0.29) is 11.9 Å². The fraction of sp³-hybridized carbons (Fsp3) is 0.533. The van der Waals surface area contributed by atoms with Crippen LogP contribution < -0.4 is 10.1 Å². The van der Waals surface area contributed by atoms with Crippen LogP contribution in [0, 0.1) is 0 Å². The number of likely N-dealkylation sites (N-methyl/N-ethyl adjacent to an activating group) is 1. The molecule has 1 atom stereocenters. The molecule has 0 aromatic heterocycles. The van der Waals surface area contributed by atoms with Gasteiger partial charge in [-0.2, -0.15) is 0 Å². The lowest BCUT2D eigenvalue weighted by Crippen LogP contribution is -2.40. The van der Waals surface area contributed by atoms with Crippen molar-refractivity contribution in [3.8, 4) is 5.75 Å². The van der Waals surface area contributed by atoms with Gasteiger partial charge >= 0.3 is 0 Å². The van der Waals surface area contributed by atoms with Crippen molar-refractivity contribution in [3.63, 3.8) is 0 Å². The van der Waals surface area contributed by atoms with Crippen molar-refractivity contribution >= 4 is 17.5 Å². The molecule has 1 heterocycles. The van der Waals surface area contributed by atoms with Gasteiger partial charge in [-0.15, -0.1) is 0 Å². The van der Waals surface area contributed by atoms with Gasteiger partial charge in [0, 0.05) is 12.0 Å². The van der Waals surface area contributed by atoms with Gasteiger partial charge in [-0.25, -0.2) is 0 Å². The first kappa shape index (κ1) is 15.1. The van der Waals surface area contributed by atoms with Crippen molar-refractivity contribution < 1.29 is 9.53 Å². The first-order chi connectivity index (χ1) is 9.65. The van der Waals surface area contributed by atoms with E-state index in [4.69, 9.17) is 16.3 Å². The standard InChI is InChI=1S/C15H21ClN2O2/c1-3-18(4-2)10-14(19)17-13-8-9-20-15-11(13)6-5-7-12(15)16/h5-7,13H,3-4,8-10H2,1-2H3,(H,17,19). The number of nitrogens with zero attached hydrogens (tertiary/aromatic N) is 1. The van der Waals surface area contributed by atoms with Gasteiger partial charge in [0.1, 0.15) is 5.75 Å². The Hall–Kier alpha value is -1.26. The zero-order valence-corrected chi connectivity index (χ0v) is 12.7. The average Bonchev–Trinajstić information content (AvgIpc) is 2.46. The molecule has 1 aliphatic heterocycles. The molecule has 110 valence electrons. The molecule has 0 spiro atoms. The van der Waals surface area contributed by atoms with Crippen LogP contribution in [0.25, 0.3) is 0 Å². The molecule has 1 aromatic rings. The molecule has 1 aliphatic rings. The molecule has 4 nitrogen and oxygen atoms in total. The molecule has 0 fully saturated rings. The number of halogens is 1. The Bertz CT molecular complexity index is 475. The third-order valence-electron chi connectivity index (χ3n) is 3.62. The van der Waals surface area contributed by atoms with Crippen LogP contribution in [-0.4, -0.2) is 37.0 Å². The average molecular weight is 297 g/mol. The van der Waals surface area contributed by atoms with Crippen molar-refractivity contribution in [2.45, 2.75) is 26.3 Å².